The van der Waals surface area contributed by atoms with Crippen molar-refractivity contribution in [1.82, 2.24) is 4.98 Å². The third kappa shape index (κ3) is 3.83. The van der Waals surface area contributed by atoms with E-state index in [9.17, 15) is 14.0 Å². The van der Waals surface area contributed by atoms with Gasteiger partial charge in [-0.05, 0) is 42.5 Å². The fourth-order valence-electron chi connectivity index (χ4n) is 3.17. The third-order valence-corrected chi connectivity index (χ3v) is 4.61. The highest BCUT2D eigenvalue weighted by Crippen LogP contribution is 2.31. The summed E-state index contributed by atoms with van der Waals surface area (Å²) in [5, 5.41) is 0. The molecule has 3 aromatic rings. The zero-order valence-electron chi connectivity index (χ0n) is 16.7. The van der Waals surface area contributed by atoms with E-state index in [0.717, 1.165) is 0 Å². The number of hydrogen-bond donors (Lipinski definition) is 0. The summed E-state index contributed by atoms with van der Waals surface area (Å²) in [4.78, 5) is 30.7. The fourth-order valence-corrected chi connectivity index (χ4v) is 3.17. The van der Waals surface area contributed by atoms with Crippen LogP contribution in [0, 0.1) is 5.82 Å². The Morgan fingerprint density at radius 2 is 1.84 bits per heavy atom. The Hall–Kier alpha value is -4.20. The van der Waals surface area contributed by atoms with Crippen LogP contribution in [0.3, 0.4) is 0 Å². The first-order chi connectivity index (χ1) is 15.0. The van der Waals surface area contributed by atoms with Gasteiger partial charge in [0.25, 0.3) is 0 Å². The Labute approximate surface area is 176 Å². The van der Waals surface area contributed by atoms with Crippen molar-refractivity contribution in [2.75, 3.05) is 19.1 Å². The standard InChI is InChI=1S/C23H17FN2O5/c1-29-22(27)17-8-3-4-11-26(20(17)23(28)30-2)16-9-10-18-19(13-16)31-21(25-18)14-6-5-7-15(24)12-14/h3-13H,1-2H3. The number of ether oxygens (including phenoxy) is 2. The number of fused-ring (bicyclic) bond motifs is 1. The van der Waals surface area contributed by atoms with Crippen molar-refractivity contribution in [3.63, 3.8) is 0 Å². The minimum atomic E-state index is -0.713. The number of carbonyl (C=O) groups is 2. The minimum Gasteiger partial charge on any atom is -0.465 e. The van der Waals surface area contributed by atoms with Crippen LogP contribution in [0.5, 0.6) is 0 Å². The number of esters is 2. The van der Waals surface area contributed by atoms with E-state index in [2.05, 4.69) is 4.98 Å². The van der Waals surface area contributed by atoms with Crippen LogP contribution in [-0.4, -0.2) is 31.1 Å². The summed E-state index contributed by atoms with van der Waals surface area (Å²) in [6, 6.07) is 11.0. The lowest BCUT2D eigenvalue weighted by molar-refractivity contribution is -0.139. The number of halogens is 1. The second-order valence-corrected chi connectivity index (χ2v) is 6.50. The van der Waals surface area contributed by atoms with Crippen LogP contribution in [-0.2, 0) is 19.1 Å². The van der Waals surface area contributed by atoms with Crippen molar-refractivity contribution < 1.29 is 27.9 Å². The highest BCUT2D eigenvalue weighted by Gasteiger charge is 2.27. The minimum absolute atomic E-state index is 0.0106. The van der Waals surface area contributed by atoms with Gasteiger partial charge < -0.3 is 18.8 Å². The number of methoxy groups -OCH3 is 2. The Morgan fingerprint density at radius 3 is 2.58 bits per heavy atom. The number of hydrogen-bond acceptors (Lipinski definition) is 7. The molecule has 0 fully saturated rings. The number of allylic oxidation sites excluding steroid dienone is 2. The number of anilines is 1. The maximum Gasteiger partial charge on any atom is 0.355 e. The highest BCUT2D eigenvalue weighted by atomic mass is 19.1. The first-order valence-corrected chi connectivity index (χ1v) is 9.23. The van der Waals surface area contributed by atoms with E-state index in [0.29, 0.717) is 22.4 Å². The van der Waals surface area contributed by atoms with Crippen molar-refractivity contribution >= 4 is 28.7 Å². The first kappa shape index (κ1) is 20.1. The van der Waals surface area contributed by atoms with E-state index in [1.165, 1.54) is 37.3 Å². The second-order valence-electron chi connectivity index (χ2n) is 6.50. The average molecular weight is 420 g/mol. The summed E-state index contributed by atoms with van der Waals surface area (Å²) in [6.07, 6.45) is 6.37. The molecule has 0 aliphatic carbocycles. The molecule has 1 aliphatic rings. The van der Waals surface area contributed by atoms with Gasteiger partial charge in [0, 0.05) is 23.5 Å². The van der Waals surface area contributed by atoms with Crippen LogP contribution in [0.4, 0.5) is 10.1 Å². The molecule has 0 saturated heterocycles. The maximum absolute atomic E-state index is 13.6. The molecule has 0 N–H and O–H groups in total. The van der Waals surface area contributed by atoms with Crippen LogP contribution >= 0.6 is 0 Å². The van der Waals surface area contributed by atoms with Crippen LogP contribution in [0.25, 0.3) is 22.6 Å². The Morgan fingerprint density at radius 1 is 1.03 bits per heavy atom. The normalized spacial score (nSPS) is 13.5. The third-order valence-electron chi connectivity index (χ3n) is 4.61. The van der Waals surface area contributed by atoms with Crippen molar-refractivity contribution in [2.24, 2.45) is 0 Å². The quantitative estimate of drug-likeness (QED) is 0.587. The zero-order chi connectivity index (χ0) is 22.0. The van der Waals surface area contributed by atoms with E-state index in [4.69, 9.17) is 13.9 Å². The van der Waals surface area contributed by atoms with Gasteiger partial charge in [0.1, 0.15) is 17.0 Å². The van der Waals surface area contributed by atoms with Crippen LogP contribution in [0.1, 0.15) is 0 Å². The molecule has 1 aromatic heterocycles. The van der Waals surface area contributed by atoms with Gasteiger partial charge in [-0.15, -0.1) is 0 Å². The second kappa shape index (κ2) is 8.27. The molecule has 0 unspecified atom stereocenters. The SMILES string of the molecule is COC(=O)C1=C(C(=O)OC)N(c2ccc3nc(-c4cccc(F)c4)oc3c2)C=CC=C1. The van der Waals surface area contributed by atoms with Crippen molar-refractivity contribution in [1.29, 1.82) is 0 Å². The number of carbonyl (C=O) groups excluding carboxylic acids is 2. The largest absolute Gasteiger partial charge is 0.465 e. The van der Waals surface area contributed by atoms with Gasteiger partial charge in [0.05, 0.1) is 19.8 Å². The Balaban J connectivity index is 1.82. The summed E-state index contributed by atoms with van der Waals surface area (Å²) >= 11 is 0. The molecule has 4 rings (SSSR count). The van der Waals surface area contributed by atoms with Gasteiger partial charge >= 0.3 is 11.9 Å². The predicted molar refractivity (Wildman–Crippen MR) is 111 cm³/mol. The molecule has 0 radical (unpaired) electrons. The van der Waals surface area contributed by atoms with E-state index in [-0.39, 0.29) is 17.2 Å². The van der Waals surface area contributed by atoms with Gasteiger partial charge in [-0.2, -0.15) is 0 Å². The molecule has 0 saturated carbocycles. The van der Waals surface area contributed by atoms with Crippen molar-refractivity contribution in [3.05, 3.63) is 84.0 Å². The molecular formula is C23H17FN2O5. The lowest BCUT2D eigenvalue weighted by Crippen LogP contribution is -2.26. The van der Waals surface area contributed by atoms with Gasteiger partial charge in [0.2, 0.25) is 5.89 Å². The van der Waals surface area contributed by atoms with Crippen LogP contribution < -0.4 is 4.90 Å². The van der Waals surface area contributed by atoms with Crippen molar-refractivity contribution in [2.45, 2.75) is 0 Å². The smallest absolute Gasteiger partial charge is 0.355 e. The first-order valence-electron chi connectivity index (χ1n) is 9.23. The maximum atomic E-state index is 13.6. The monoisotopic (exact) mass is 420 g/mol. The van der Waals surface area contributed by atoms with E-state index in [1.54, 1.807) is 48.7 Å². The highest BCUT2D eigenvalue weighted by molar-refractivity contribution is 6.05. The molecule has 1 aliphatic heterocycles. The number of rotatable bonds is 4. The van der Waals surface area contributed by atoms with Crippen LogP contribution in [0.2, 0.25) is 0 Å². The molecule has 0 spiro atoms. The zero-order valence-corrected chi connectivity index (χ0v) is 16.7. The molecule has 0 atom stereocenters. The lowest BCUT2D eigenvalue weighted by Gasteiger charge is -2.22. The summed E-state index contributed by atoms with van der Waals surface area (Å²) in [6.45, 7) is 0. The summed E-state index contributed by atoms with van der Waals surface area (Å²) in [5.41, 5.74) is 2.03. The fraction of sp³-hybridized carbons (Fsp3) is 0.0870. The van der Waals surface area contributed by atoms with Gasteiger partial charge in [-0.1, -0.05) is 12.1 Å². The summed E-state index contributed by atoms with van der Waals surface area (Å²) in [5.74, 6) is -1.53. The number of nitrogens with zero attached hydrogens (tertiary/aromatic N) is 2. The van der Waals surface area contributed by atoms with Crippen LogP contribution in [0.15, 0.2) is 82.6 Å². The molecular weight excluding hydrogens is 403 g/mol. The number of aromatic nitrogens is 1. The lowest BCUT2D eigenvalue weighted by atomic mass is 10.1. The molecule has 31 heavy (non-hydrogen) atoms. The molecule has 2 aromatic carbocycles. The molecule has 0 amide bonds. The molecule has 156 valence electrons. The topological polar surface area (TPSA) is 81.9 Å². The summed E-state index contributed by atoms with van der Waals surface area (Å²) in [7, 11) is 2.46. The molecule has 8 heteroatoms. The summed E-state index contributed by atoms with van der Waals surface area (Å²) < 4.78 is 29.1. The van der Waals surface area contributed by atoms with Gasteiger partial charge in [-0.3, -0.25) is 0 Å². The van der Waals surface area contributed by atoms with E-state index < -0.39 is 17.8 Å². The van der Waals surface area contributed by atoms with Gasteiger partial charge in [-0.25, -0.2) is 19.0 Å². The average Bonchev–Trinajstić information content (AvgIpc) is 3.09. The van der Waals surface area contributed by atoms with E-state index >= 15 is 0 Å². The number of benzene rings is 2. The molecule has 7 nitrogen and oxygen atoms in total. The predicted octanol–water partition coefficient (Wildman–Crippen LogP) is 4.12. The Bertz CT molecular complexity index is 1270. The van der Waals surface area contributed by atoms with E-state index in [1.807, 2.05) is 0 Å². The Kier molecular flexibility index (Phi) is 5.36. The number of oxazole rings is 1. The van der Waals surface area contributed by atoms with Gasteiger partial charge in [0.15, 0.2) is 5.58 Å². The molecule has 0 bridgehead atoms. The molecule has 2 heterocycles. The van der Waals surface area contributed by atoms with Crippen molar-refractivity contribution in [3.8, 4) is 11.5 Å².